The molecule has 3 heterocycles. The number of aryl methyl sites for hydroxylation is 1. The Kier molecular flexibility index (Phi) is 4.71. The third-order valence-corrected chi connectivity index (χ3v) is 5.23. The molecule has 2 aliphatic rings. The molecule has 1 spiro atoms. The topological polar surface area (TPSA) is 62.5 Å². The lowest BCUT2D eigenvalue weighted by molar-refractivity contribution is -0.141. The molecule has 0 aromatic carbocycles. The predicted octanol–water partition coefficient (Wildman–Crippen LogP) is 2.25. The summed E-state index contributed by atoms with van der Waals surface area (Å²) in [6.45, 7) is 9.96. The lowest BCUT2D eigenvalue weighted by Crippen LogP contribution is -2.55. The van der Waals surface area contributed by atoms with Crippen LogP contribution in [0.4, 0.5) is 0 Å². The van der Waals surface area contributed by atoms with Gasteiger partial charge in [-0.15, -0.1) is 10.2 Å². The van der Waals surface area contributed by atoms with E-state index >= 15 is 0 Å². The number of amides is 1. The molecule has 23 heavy (non-hydrogen) atoms. The van der Waals surface area contributed by atoms with Crippen LogP contribution >= 0.6 is 0 Å². The Hall–Kier alpha value is -1.43. The number of piperidine rings is 2. The molecule has 0 bridgehead atoms. The van der Waals surface area contributed by atoms with Gasteiger partial charge in [-0.1, -0.05) is 6.92 Å². The van der Waals surface area contributed by atoms with Crippen LogP contribution in [0.5, 0.6) is 0 Å². The van der Waals surface area contributed by atoms with Gasteiger partial charge >= 0.3 is 0 Å². The highest BCUT2D eigenvalue weighted by atomic mass is 16.4. The van der Waals surface area contributed by atoms with Gasteiger partial charge in [0.2, 0.25) is 17.7 Å². The summed E-state index contributed by atoms with van der Waals surface area (Å²) >= 11 is 0. The van der Waals surface area contributed by atoms with Crippen molar-refractivity contribution in [3.8, 4) is 0 Å². The van der Waals surface area contributed by atoms with E-state index in [1.165, 1.54) is 12.8 Å². The summed E-state index contributed by atoms with van der Waals surface area (Å²) < 4.78 is 5.66. The number of nitrogens with zero attached hydrogens (tertiary/aromatic N) is 4. The van der Waals surface area contributed by atoms with Crippen molar-refractivity contribution in [2.75, 3.05) is 19.6 Å². The molecule has 2 fully saturated rings. The lowest BCUT2D eigenvalue weighted by atomic mass is 9.73. The Balaban J connectivity index is 1.66. The monoisotopic (exact) mass is 320 g/mol. The van der Waals surface area contributed by atoms with Gasteiger partial charge in [0.25, 0.3) is 0 Å². The smallest absolute Gasteiger partial charge is 0.230 e. The molecule has 2 saturated heterocycles. The van der Waals surface area contributed by atoms with E-state index in [4.69, 9.17) is 4.42 Å². The number of hydrogen-bond donors (Lipinski definition) is 0. The van der Waals surface area contributed by atoms with Crippen LogP contribution in [0.15, 0.2) is 4.42 Å². The maximum absolute atomic E-state index is 12.1. The first-order valence-electron chi connectivity index (χ1n) is 8.84. The molecule has 128 valence electrons. The molecule has 1 atom stereocenters. The Morgan fingerprint density at radius 3 is 2.70 bits per heavy atom. The van der Waals surface area contributed by atoms with Crippen LogP contribution in [0.1, 0.15) is 58.2 Å². The van der Waals surface area contributed by atoms with Crippen molar-refractivity contribution in [3.05, 3.63) is 11.8 Å². The van der Waals surface area contributed by atoms with Gasteiger partial charge in [0.05, 0.1) is 6.54 Å². The van der Waals surface area contributed by atoms with Gasteiger partial charge in [-0.05, 0) is 39.7 Å². The quantitative estimate of drug-likeness (QED) is 0.851. The van der Waals surface area contributed by atoms with Gasteiger partial charge in [0.15, 0.2) is 0 Å². The van der Waals surface area contributed by atoms with E-state index in [1.54, 1.807) is 0 Å². The van der Waals surface area contributed by atoms with E-state index in [-0.39, 0.29) is 11.5 Å². The minimum Gasteiger partial charge on any atom is -0.424 e. The highest BCUT2D eigenvalue weighted by Crippen LogP contribution is 2.39. The number of likely N-dealkylation sites (tertiary alicyclic amines) is 2. The van der Waals surface area contributed by atoms with Crippen molar-refractivity contribution < 1.29 is 9.21 Å². The molecule has 6 nitrogen and oxygen atoms in total. The fraction of sp³-hybridized carbons (Fsp3) is 0.824. The van der Waals surface area contributed by atoms with Crippen LogP contribution in [0.25, 0.3) is 0 Å². The van der Waals surface area contributed by atoms with Crippen molar-refractivity contribution in [1.82, 2.24) is 20.0 Å². The first kappa shape index (κ1) is 16.4. The van der Waals surface area contributed by atoms with E-state index in [1.807, 2.05) is 6.92 Å². The summed E-state index contributed by atoms with van der Waals surface area (Å²) in [6.07, 6.45) is 4.86. The summed E-state index contributed by atoms with van der Waals surface area (Å²) in [5.74, 6) is 1.74. The van der Waals surface area contributed by atoms with Crippen molar-refractivity contribution in [3.63, 3.8) is 0 Å². The molecular weight excluding hydrogens is 292 g/mol. The van der Waals surface area contributed by atoms with Crippen LogP contribution in [0.2, 0.25) is 0 Å². The maximum Gasteiger partial charge on any atom is 0.230 e. The largest absolute Gasteiger partial charge is 0.424 e. The summed E-state index contributed by atoms with van der Waals surface area (Å²) in [7, 11) is 0. The molecule has 0 radical (unpaired) electrons. The first-order valence-corrected chi connectivity index (χ1v) is 8.84. The Bertz CT molecular complexity index is 557. The molecule has 0 N–H and O–H groups in total. The molecule has 2 aliphatic heterocycles. The first-order chi connectivity index (χ1) is 11.0. The zero-order valence-corrected chi connectivity index (χ0v) is 14.5. The fourth-order valence-corrected chi connectivity index (χ4v) is 3.98. The van der Waals surface area contributed by atoms with E-state index < -0.39 is 0 Å². The molecule has 1 amide bonds. The highest BCUT2D eigenvalue weighted by Gasteiger charge is 2.42. The number of carbonyl (C=O) groups is 1. The Morgan fingerprint density at radius 1 is 1.22 bits per heavy atom. The number of aromatic nitrogens is 2. The molecule has 1 aromatic heterocycles. The van der Waals surface area contributed by atoms with Crippen LogP contribution in [-0.2, 0) is 17.8 Å². The molecule has 3 rings (SSSR count). The summed E-state index contributed by atoms with van der Waals surface area (Å²) in [4.78, 5) is 16.6. The normalized spacial score (nSPS) is 26.4. The van der Waals surface area contributed by atoms with E-state index in [0.717, 1.165) is 39.0 Å². The summed E-state index contributed by atoms with van der Waals surface area (Å²) in [6, 6.07) is 0.290. The van der Waals surface area contributed by atoms with Crippen LogP contribution in [-0.4, -0.2) is 51.6 Å². The van der Waals surface area contributed by atoms with Crippen molar-refractivity contribution in [2.24, 2.45) is 5.41 Å². The van der Waals surface area contributed by atoms with Crippen molar-refractivity contribution in [1.29, 1.82) is 0 Å². The minimum atomic E-state index is 0.240. The van der Waals surface area contributed by atoms with Crippen molar-refractivity contribution in [2.45, 2.75) is 65.5 Å². The number of rotatable bonds is 4. The second-order valence-corrected chi connectivity index (χ2v) is 7.37. The number of hydrogen-bond acceptors (Lipinski definition) is 5. The van der Waals surface area contributed by atoms with Gasteiger partial charge in [-0.25, -0.2) is 0 Å². The van der Waals surface area contributed by atoms with Gasteiger partial charge in [-0.2, -0.15) is 0 Å². The SMILES string of the molecule is CCc1nnc(CN2CCCC3(CCC(=O)N(C(C)C)C3)C2)o1. The molecule has 1 aromatic rings. The average Bonchev–Trinajstić information content (AvgIpc) is 2.98. The van der Waals surface area contributed by atoms with Crippen LogP contribution in [0.3, 0.4) is 0 Å². The standard InChI is InChI=1S/C17H28N4O2/c1-4-14-18-19-15(23-14)10-20-9-5-7-17(11-20)8-6-16(22)21(12-17)13(2)3/h13H,4-12H2,1-3H3. The van der Waals surface area contributed by atoms with Crippen molar-refractivity contribution >= 4 is 5.91 Å². The Labute approximate surface area is 138 Å². The second-order valence-electron chi connectivity index (χ2n) is 7.37. The predicted molar refractivity (Wildman–Crippen MR) is 86.7 cm³/mol. The molecular formula is C17H28N4O2. The van der Waals surface area contributed by atoms with E-state index in [0.29, 0.717) is 24.1 Å². The Morgan fingerprint density at radius 2 is 2.00 bits per heavy atom. The van der Waals surface area contributed by atoms with Gasteiger partial charge in [-0.3, -0.25) is 9.69 Å². The summed E-state index contributed by atoms with van der Waals surface area (Å²) in [5.41, 5.74) is 0.240. The van der Waals surface area contributed by atoms with E-state index in [2.05, 4.69) is 33.8 Å². The second kappa shape index (κ2) is 6.59. The third kappa shape index (κ3) is 3.57. The molecule has 6 heteroatoms. The zero-order valence-electron chi connectivity index (χ0n) is 14.5. The third-order valence-electron chi connectivity index (χ3n) is 5.23. The molecule has 0 aliphatic carbocycles. The van der Waals surface area contributed by atoms with Gasteiger partial charge < -0.3 is 9.32 Å². The highest BCUT2D eigenvalue weighted by molar-refractivity contribution is 5.77. The average molecular weight is 320 g/mol. The van der Waals surface area contributed by atoms with Gasteiger partial charge in [0, 0.05) is 37.4 Å². The maximum atomic E-state index is 12.1. The van der Waals surface area contributed by atoms with Crippen LogP contribution in [0, 0.1) is 5.41 Å². The zero-order chi connectivity index (χ0) is 16.4. The van der Waals surface area contributed by atoms with Gasteiger partial charge in [0.1, 0.15) is 0 Å². The minimum absolute atomic E-state index is 0.240. The summed E-state index contributed by atoms with van der Waals surface area (Å²) in [5, 5.41) is 8.20. The number of carbonyl (C=O) groups excluding carboxylic acids is 1. The van der Waals surface area contributed by atoms with E-state index in [9.17, 15) is 4.79 Å². The molecule has 1 unspecified atom stereocenters. The lowest BCUT2D eigenvalue weighted by Gasteiger charge is -2.49. The molecule has 0 saturated carbocycles. The fourth-order valence-electron chi connectivity index (χ4n) is 3.98. The van der Waals surface area contributed by atoms with Crippen LogP contribution < -0.4 is 0 Å².